The standard InChI is InChI=1S/C29H46N2O4/c1-11-17-34-21-15-13-19(25(32)23(21)30-27(3,4)5)29(9,10)20-14-16-22(35-18-12-2)24(26(20)33)31-28(6,7)8/h13-16,30-33H,11-12,17-18H2,1-10H3. The molecule has 2 rings (SSSR count). The zero-order chi connectivity index (χ0) is 26.6. The van der Waals surface area contributed by atoms with E-state index in [1.807, 2.05) is 93.5 Å². The van der Waals surface area contributed by atoms with Gasteiger partial charge in [-0.05, 0) is 66.5 Å². The van der Waals surface area contributed by atoms with Crippen LogP contribution in [0.2, 0.25) is 0 Å². The van der Waals surface area contributed by atoms with Gasteiger partial charge >= 0.3 is 0 Å². The van der Waals surface area contributed by atoms with Crippen molar-refractivity contribution in [3.8, 4) is 23.0 Å². The first-order chi connectivity index (χ1) is 16.1. The number of phenols is 2. The van der Waals surface area contributed by atoms with Gasteiger partial charge in [-0.1, -0.05) is 39.8 Å². The maximum absolute atomic E-state index is 11.5. The van der Waals surface area contributed by atoms with Gasteiger partial charge in [-0.15, -0.1) is 0 Å². The average molecular weight is 487 g/mol. The number of benzene rings is 2. The Morgan fingerprint density at radius 3 is 1.26 bits per heavy atom. The third-order valence-electron chi connectivity index (χ3n) is 5.55. The molecule has 0 aliphatic heterocycles. The van der Waals surface area contributed by atoms with Gasteiger partial charge < -0.3 is 30.3 Å². The summed E-state index contributed by atoms with van der Waals surface area (Å²) in [6, 6.07) is 7.55. The van der Waals surface area contributed by atoms with Gasteiger partial charge in [-0.25, -0.2) is 0 Å². The molecule has 0 amide bonds. The summed E-state index contributed by atoms with van der Waals surface area (Å²) in [4.78, 5) is 0. The fourth-order valence-corrected chi connectivity index (χ4v) is 3.96. The summed E-state index contributed by atoms with van der Waals surface area (Å²) in [5, 5.41) is 29.8. The quantitative estimate of drug-likeness (QED) is 0.262. The Labute approximate surface area is 212 Å². The number of anilines is 2. The van der Waals surface area contributed by atoms with Crippen LogP contribution in [0, 0.1) is 0 Å². The molecular weight excluding hydrogens is 440 g/mol. The second-order valence-electron chi connectivity index (χ2n) is 11.7. The van der Waals surface area contributed by atoms with Crippen LogP contribution in [0.15, 0.2) is 24.3 Å². The van der Waals surface area contributed by atoms with Gasteiger partial charge in [0.2, 0.25) is 0 Å². The van der Waals surface area contributed by atoms with E-state index in [1.165, 1.54) is 0 Å². The molecule has 196 valence electrons. The third-order valence-corrected chi connectivity index (χ3v) is 5.55. The lowest BCUT2D eigenvalue weighted by molar-refractivity contribution is 0.315. The van der Waals surface area contributed by atoms with E-state index in [4.69, 9.17) is 9.47 Å². The summed E-state index contributed by atoms with van der Waals surface area (Å²) in [5.41, 5.74) is 1.21. The zero-order valence-corrected chi connectivity index (χ0v) is 23.3. The van der Waals surface area contributed by atoms with E-state index in [-0.39, 0.29) is 22.6 Å². The highest BCUT2D eigenvalue weighted by atomic mass is 16.5. The van der Waals surface area contributed by atoms with Gasteiger partial charge in [-0.2, -0.15) is 0 Å². The van der Waals surface area contributed by atoms with Gasteiger partial charge in [-0.3, -0.25) is 0 Å². The largest absolute Gasteiger partial charge is 0.505 e. The molecule has 0 unspecified atom stereocenters. The maximum atomic E-state index is 11.5. The molecule has 0 radical (unpaired) electrons. The Balaban J connectivity index is 2.68. The summed E-state index contributed by atoms with van der Waals surface area (Å²) >= 11 is 0. The van der Waals surface area contributed by atoms with E-state index in [2.05, 4.69) is 10.6 Å². The van der Waals surface area contributed by atoms with Crippen LogP contribution in [0.1, 0.15) is 93.2 Å². The van der Waals surface area contributed by atoms with E-state index >= 15 is 0 Å². The minimum absolute atomic E-state index is 0.120. The van der Waals surface area contributed by atoms with Gasteiger partial charge in [0.1, 0.15) is 34.4 Å². The lowest BCUT2D eigenvalue weighted by Crippen LogP contribution is -2.28. The molecule has 0 aromatic heterocycles. The average Bonchev–Trinajstić information content (AvgIpc) is 2.72. The Morgan fingerprint density at radius 2 is 0.971 bits per heavy atom. The van der Waals surface area contributed by atoms with Crippen molar-refractivity contribution in [1.82, 2.24) is 0 Å². The molecule has 35 heavy (non-hydrogen) atoms. The zero-order valence-electron chi connectivity index (χ0n) is 23.3. The van der Waals surface area contributed by atoms with Crippen LogP contribution < -0.4 is 20.1 Å². The lowest BCUT2D eigenvalue weighted by Gasteiger charge is -2.33. The van der Waals surface area contributed by atoms with Crippen molar-refractivity contribution < 1.29 is 19.7 Å². The van der Waals surface area contributed by atoms with Crippen LogP contribution in [0.5, 0.6) is 23.0 Å². The van der Waals surface area contributed by atoms with Crippen molar-refractivity contribution in [3.05, 3.63) is 35.4 Å². The van der Waals surface area contributed by atoms with E-state index in [1.54, 1.807) is 0 Å². The number of phenolic OH excluding ortho intramolecular Hbond substituents is 2. The topological polar surface area (TPSA) is 83.0 Å². The minimum Gasteiger partial charge on any atom is -0.505 e. The van der Waals surface area contributed by atoms with E-state index < -0.39 is 5.41 Å². The summed E-state index contributed by atoms with van der Waals surface area (Å²) in [7, 11) is 0. The molecule has 0 saturated heterocycles. The highest BCUT2D eigenvalue weighted by Gasteiger charge is 2.34. The Kier molecular flexibility index (Phi) is 8.85. The normalized spacial score (nSPS) is 12.4. The number of ether oxygens (including phenoxy) is 2. The molecule has 0 bridgehead atoms. The van der Waals surface area contributed by atoms with Gasteiger partial charge in [0, 0.05) is 27.6 Å². The van der Waals surface area contributed by atoms with Crippen LogP contribution >= 0.6 is 0 Å². The highest BCUT2D eigenvalue weighted by Crippen LogP contribution is 2.50. The fraction of sp³-hybridized carbons (Fsp3) is 0.586. The molecule has 4 N–H and O–H groups in total. The predicted octanol–water partition coefficient (Wildman–Crippen LogP) is 7.42. The Hall–Kier alpha value is -2.76. The number of hydrogen-bond donors (Lipinski definition) is 4. The molecule has 6 heteroatoms. The third kappa shape index (κ3) is 7.12. The predicted molar refractivity (Wildman–Crippen MR) is 147 cm³/mol. The Bertz CT molecular complexity index is 922. The van der Waals surface area contributed by atoms with Crippen LogP contribution in [-0.2, 0) is 5.41 Å². The summed E-state index contributed by atoms with van der Waals surface area (Å²) in [6.07, 6.45) is 1.74. The van der Waals surface area contributed by atoms with Gasteiger partial charge in [0.05, 0.1) is 13.2 Å². The molecular formula is C29H46N2O4. The molecule has 2 aromatic carbocycles. The fourth-order valence-electron chi connectivity index (χ4n) is 3.96. The number of aromatic hydroxyl groups is 2. The number of nitrogens with one attached hydrogen (secondary N) is 2. The minimum atomic E-state index is -0.719. The first-order valence-corrected chi connectivity index (χ1v) is 12.7. The van der Waals surface area contributed by atoms with Gasteiger partial charge in [0.15, 0.2) is 0 Å². The molecule has 6 nitrogen and oxygen atoms in total. The van der Waals surface area contributed by atoms with E-state index in [0.29, 0.717) is 47.2 Å². The molecule has 2 aromatic rings. The molecule has 0 spiro atoms. The Morgan fingerprint density at radius 1 is 0.629 bits per heavy atom. The summed E-state index contributed by atoms with van der Waals surface area (Å²) < 4.78 is 11.9. The van der Waals surface area contributed by atoms with Crippen molar-refractivity contribution in [3.63, 3.8) is 0 Å². The maximum Gasteiger partial charge on any atom is 0.146 e. The molecule has 0 heterocycles. The highest BCUT2D eigenvalue weighted by molar-refractivity contribution is 5.74. The molecule has 0 aliphatic rings. The molecule has 0 atom stereocenters. The van der Waals surface area contributed by atoms with Crippen LogP contribution in [0.4, 0.5) is 11.4 Å². The summed E-state index contributed by atoms with van der Waals surface area (Å²) in [5.74, 6) is 1.46. The molecule has 0 aliphatic carbocycles. The van der Waals surface area contributed by atoms with Crippen molar-refractivity contribution in [2.24, 2.45) is 0 Å². The first-order valence-electron chi connectivity index (χ1n) is 12.7. The summed E-state index contributed by atoms with van der Waals surface area (Å²) in [6.45, 7) is 21.5. The monoisotopic (exact) mass is 486 g/mol. The smallest absolute Gasteiger partial charge is 0.146 e. The van der Waals surface area contributed by atoms with E-state index in [9.17, 15) is 10.2 Å². The second kappa shape index (κ2) is 10.9. The second-order valence-corrected chi connectivity index (χ2v) is 11.7. The SMILES string of the molecule is CCCOc1ccc(C(C)(C)c2ccc(OCCC)c(NC(C)(C)C)c2O)c(O)c1NC(C)(C)C. The molecule has 0 fully saturated rings. The van der Waals surface area contributed by atoms with Crippen molar-refractivity contribution in [2.75, 3.05) is 23.8 Å². The number of hydrogen-bond acceptors (Lipinski definition) is 6. The van der Waals surface area contributed by atoms with Crippen LogP contribution in [0.25, 0.3) is 0 Å². The van der Waals surface area contributed by atoms with Crippen LogP contribution in [-0.4, -0.2) is 34.5 Å². The first kappa shape index (κ1) is 28.5. The lowest BCUT2D eigenvalue weighted by atomic mass is 9.76. The van der Waals surface area contributed by atoms with Crippen molar-refractivity contribution >= 4 is 11.4 Å². The molecule has 0 saturated carbocycles. The van der Waals surface area contributed by atoms with Gasteiger partial charge in [0.25, 0.3) is 0 Å². The van der Waals surface area contributed by atoms with Crippen molar-refractivity contribution in [1.29, 1.82) is 0 Å². The number of rotatable bonds is 10. The van der Waals surface area contributed by atoms with E-state index in [0.717, 1.165) is 12.8 Å². The van der Waals surface area contributed by atoms with Crippen molar-refractivity contribution in [2.45, 2.75) is 98.6 Å². The van der Waals surface area contributed by atoms with Crippen LogP contribution in [0.3, 0.4) is 0 Å².